The molecule has 1 aromatic rings. The molecule has 16 heavy (non-hydrogen) atoms. The average Bonchev–Trinajstić information content (AvgIpc) is 2.67. The molecule has 0 spiro atoms. The summed E-state index contributed by atoms with van der Waals surface area (Å²) in [5, 5.41) is 0. The largest absolute Gasteiger partial charge is 0.281 e. The third kappa shape index (κ3) is 7.69. The number of hydrogen-bond donors (Lipinski definition) is 0. The summed E-state index contributed by atoms with van der Waals surface area (Å²) in [6, 6.07) is 0. The molecule has 0 aromatic carbocycles. The molecule has 1 heterocycles. The summed E-state index contributed by atoms with van der Waals surface area (Å²) < 4.78 is 5.01. The van der Waals surface area contributed by atoms with Crippen molar-refractivity contribution in [1.29, 1.82) is 0 Å². The summed E-state index contributed by atoms with van der Waals surface area (Å²) in [5.74, 6) is 0. The van der Waals surface area contributed by atoms with Crippen LogP contribution in [-0.4, -0.2) is 29.5 Å². The van der Waals surface area contributed by atoms with E-state index in [4.69, 9.17) is 33.7 Å². The van der Waals surface area contributed by atoms with Gasteiger partial charge in [0.15, 0.2) is 0 Å². The monoisotopic (exact) mass is 442 g/mol. The van der Waals surface area contributed by atoms with E-state index in [1.54, 1.807) is 0 Å². The predicted octanol–water partition coefficient (Wildman–Crippen LogP) is 0.630. The van der Waals surface area contributed by atoms with Gasteiger partial charge in [-0.2, -0.15) is 0 Å². The van der Waals surface area contributed by atoms with Crippen LogP contribution in [-0.2, 0) is 42.2 Å². The van der Waals surface area contributed by atoms with Gasteiger partial charge in [0.2, 0.25) is 0 Å². The molecule has 0 N–H and O–H groups in total. The molecule has 8 heteroatoms. The van der Waals surface area contributed by atoms with Gasteiger partial charge >= 0.3 is 72.6 Å². The third-order valence-corrected chi connectivity index (χ3v) is 5.81. The molecule has 0 unspecified atom stereocenters. The number of aromatic nitrogens is 2. The Morgan fingerprint density at radius 3 is 1.31 bits per heavy atom. The van der Waals surface area contributed by atoms with E-state index in [1.165, 1.54) is 0 Å². The van der Waals surface area contributed by atoms with E-state index >= 15 is 0 Å². The molecule has 90 valence electrons. The van der Waals surface area contributed by atoms with Crippen molar-refractivity contribution in [3.63, 3.8) is 0 Å². The number of nitrogens with zero attached hydrogens (tertiary/aromatic N) is 2. The van der Waals surface area contributed by atoms with Gasteiger partial charge in [0.25, 0.3) is 20.4 Å². The molecule has 0 aliphatic heterocycles. The molecule has 0 aliphatic carbocycles. The van der Waals surface area contributed by atoms with Crippen molar-refractivity contribution in [3.8, 4) is 0 Å². The van der Waals surface area contributed by atoms with Gasteiger partial charge in [-0.3, -0.25) is 14.4 Å². The van der Waals surface area contributed by atoms with Crippen molar-refractivity contribution >= 4 is 39.6 Å². The zero-order chi connectivity index (χ0) is 13.7. The number of hydrogen-bond acceptors (Lipinski definition) is 3. The zero-order valence-corrected chi connectivity index (χ0v) is 12.4. The van der Waals surface area contributed by atoms with Crippen molar-refractivity contribution in [2.75, 3.05) is 0 Å². The van der Waals surface area contributed by atoms with Gasteiger partial charge in [0.05, 0.1) is 0 Å². The minimum Gasteiger partial charge on any atom is -0.281 e. The molecule has 1 rings (SSSR count). The third-order valence-electron chi connectivity index (χ3n) is 1.20. The summed E-state index contributed by atoms with van der Waals surface area (Å²) >= 11 is -2.02. The minimum absolute atomic E-state index is 1.07. The summed E-state index contributed by atoms with van der Waals surface area (Å²) in [6.45, 7) is 13.5. The van der Waals surface area contributed by atoms with Crippen LogP contribution in [0.5, 0.6) is 0 Å². The average molecular weight is 441 g/mol. The Balaban J connectivity index is -0.000000245. The van der Waals surface area contributed by atoms with Crippen LogP contribution in [0, 0.1) is 3.97 Å². The molecule has 0 saturated carbocycles. The van der Waals surface area contributed by atoms with Crippen LogP contribution < -0.4 is 0 Å². The summed E-state index contributed by atoms with van der Waals surface area (Å²) in [6.07, 6.45) is 3.91. The maximum Gasteiger partial charge on any atom is 0.281 e. The maximum atomic E-state index is 7.50. The van der Waals surface area contributed by atoms with Crippen LogP contribution in [0.15, 0.2) is 12.4 Å². The first-order valence-electron chi connectivity index (χ1n) is 3.25. The van der Waals surface area contributed by atoms with E-state index in [9.17, 15) is 0 Å². The first kappa shape index (κ1) is 20.8. The molecule has 0 fully saturated rings. The van der Waals surface area contributed by atoms with E-state index in [-0.39, 0.29) is 0 Å². The van der Waals surface area contributed by atoms with Crippen LogP contribution in [0.2, 0.25) is 0 Å². The second-order valence-corrected chi connectivity index (χ2v) is 9.92. The van der Waals surface area contributed by atoms with E-state index in [0.29, 0.717) is 0 Å². The molecule has 6 radical (unpaired) electrons. The van der Waals surface area contributed by atoms with Crippen LogP contribution in [0.25, 0.3) is 0 Å². The molecular formula is C8H8Cl2N2O3Os. The van der Waals surface area contributed by atoms with Gasteiger partial charge in [0, 0.05) is 0 Å². The summed E-state index contributed by atoms with van der Waals surface area (Å²) in [5.41, 5.74) is 0. The fourth-order valence-corrected chi connectivity index (χ4v) is 5.58. The fraction of sp³-hybridized carbons (Fsp3) is 0.250. The van der Waals surface area contributed by atoms with Crippen LogP contribution in [0.1, 0.15) is 0 Å². The van der Waals surface area contributed by atoms with E-state index < -0.39 is 13.8 Å². The zero-order valence-electron chi connectivity index (χ0n) is 8.38. The second-order valence-electron chi connectivity index (χ2n) is 1.96. The van der Waals surface area contributed by atoms with Crippen molar-refractivity contribution in [1.82, 2.24) is 9.13 Å². The van der Waals surface area contributed by atoms with Crippen molar-refractivity contribution in [2.45, 2.75) is 0 Å². The van der Waals surface area contributed by atoms with Crippen LogP contribution in [0.4, 0.5) is 0 Å². The number of carbonyl (C=O) groups excluding carboxylic acids is 3. The number of imidazole rings is 1. The molecule has 1 aromatic heterocycles. The number of aryl methyl sites for hydroxylation is 2. The molecule has 5 nitrogen and oxygen atoms in total. The summed E-state index contributed by atoms with van der Waals surface area (Å²) in [4.78, 5) is 22.5. The topological polar surface area (TPSA) is 61.1 Å². The second kappa shape index (κ2) is 14.4. The molecule has 0 aliphatic rings. The van der Waals surface area contributed by atoms with Gasteiger partial charge in [-0.15, -0.1) is 0 Å². The minimum atomic E-state index is -2.02. The molecular weight excluding hydrogens is 433 g/mol. The van der Waals surface area contributed by atoms with Crippen LogP contribution >= 0.6 is 19.3 Å². The summed E-state index contributed by atoms with van der Waals surface area (Å²) in [7, 11) is 15.6. The van der Waals surface area contributed by atoms with Gasteiger partial charge in [0.1, 0.15) is 0 Å². The molecule has 0 amide bonds. The molecule has 0 bridgehead atoms. The van der Waals surface area contributed by atoms with Gasteiger partial charge in [-0.05, 0) is 0 Å². The van der Waals surface area contributed by atoms with E-state index in [2.05, 4.69) is 20.4 Å². The Labute approximate surface area is 107 Å². The maximum absolute atomic E-state index is 7.50. The normalized spacial score (nSPS) is 8.12. The van der Waals surface area contributed by atoms with Crippen molar-refractivity contribution in [3.05, 3.63) is 16.4 Å². The van der Waals surface area contributed by atoms with Crippen molar-refractivity contribution < 1.29 is 28.1 Å². The number of halogens is 2. The van der Waals surface area contributed by atoms with Gasteiger partial charge in [-0.25, -0.2) is 0 Å². The smallest absolute Gasteiger partial charge is 0.281 e. The Morgan fingerprint density at radius 2 is 1.19 bits per heavy atom. The van der Waals surface area contributed by atoms with E-state index in [0.717, 1.165) is 3.97 Å². The van der Waals surface area contributed by atoms with Gasteiger partial charge < -0.3 is 0 Å². The first-order chi connectivity index (χ1) is 7.63. The SMILES string of the molecule is Cn1ccn(C)[c]1=[Os]([Cl])[Cl].[C]=O.[C]=O.[C]=O. The molecule has 0 saturated heterocycles. The molecule has 0 atom stereocenters. The standard InChI is InChI=1S/C5H8N2.3CO.2ClH.Os/c1-6-3-4-7(2)5-6;3*1-2;;;/h3-4H,1-2H3;;;;2*1H;/q;;;;;;+2/p-2. The predicted molar refractivity (Wildman–Crippen MR) is 56.4 cm³/mol. The Kier molecular flexibility index (Phi) is 18.8. The Bertz CT molecular complexity index is 320. The van der Waals surface area contributed by atoms with Gasteiger partial charge in [-0.1, -0.05) is 0 Å². The Morgan fingerprint density at radius 1 is 0.938 bits per heavy atom. The first-order valence-corrected chi connectivity index (χ1v) is 10.8. The van der Waals surface area contributed by atoms with E-state index in [1.807, 2.05) is 35.6 Å². The Hall–Kier alpha value is -0.564. The number of rotatable bonds is 0. The van der Waals surface area contributed by atoms with Crippen LogP contribution in [0.3, 0.4) is 0 Å². The fourth-order valence-electron chi connectivity index (χ4n) is 0.757. The van der Waals surface area contributed by atoms with Crippen molar-refractivity contribution in [2.24, 2.45) is 14.1 Å². The quantitative estimate of drug-likeness (QED) is 0.594.